The van der Waals surface area contributed by atoms with Crippen molar-refractivity contribution in [3.8, 4) is 0 Å². The number of para-hydroxylation sites is 1. The molecule has 98 valence electrons. The summed E-state index contributed by atoms with van der Waals surface area (Å²) in [4.78, 5) is 15.2. The van der Waals surface area contributed by atoms with E-state index in [0.717, 1.165) is 5.39 Å². The van der Waals surface area contributed by atoms with E-state index >= 15 is 0 Å². The molecular weight excluding hydrogens is 432 g/mol. The molecule has 2 rings (SSSR count). The van der Waals surface area contributed by atoms with Crippen LogP contribution in [0.25, 0.3) is 16.2 Å². The molecule has 1 aromatic carbocycles. The van der Waals surface area contributed by atoms with Crippen LogP contribution in [0.15, 0.2) is 36.5 Å². The first-order valence-electron chi connectivity index (χ1n) is 4.57. The fourth-order valence-corrected chi connectivity index (χ4v) is 1.32. The van der Waals surface area contributed by atoms with Gasteiger partial charge in [-0.25, -0.2) is 0 Å². The van der Waals surface area contributed by atoms with Gasteiger partial charge in [0.2, 0.25) is 6.09 Å². The van der Waals surface area contributed by atoms with Gasteiger partial charge < -0.3 is 17.5 Å². The molecule has 2 aromatic rings. The maximum absolute atomic E-state index is 11.0. The summed E-state index contributed by atoms with van der Waals surface area (Å²) in [5.41, 5.74) is 1.23. The van der Waals surface area contributed by atoms with Gasteiger partial charge in [-0.2, -0.15) is 0 Å². The quantitative estimate of drug-likeness (QED) is 0.622. The number of hydrogen-bond acceptors (Lipinski definition) is 3. The Morgan fingerprint density at radius 2 is 2.00 bits per heavy atom. The SMILES string of the molecule is COC(=O)[N-]c1cccc2cccnc12.[CH3-].[Cl][Ir+2]. The number of halogens is 1. The molecule has 0 radical (unpaired) electrons. The van der Waals surface area contributed by atoms with Gasteiger partial charge in [0.05, 0.1) is 12.6 Å². The summed E-state index contributed by atoms with van der Waals surface area (Å²) >= 11 is 1.47. The van der Waals surface area contributed by atoms with Crippen LogP contribution in [0.4, 0.5) is 10.5 Å². The molecule has 0 saturated carbocycles. The van der Waals surface area contributed by atoms with Crippen molar-refractivity contribution >= 4 is 32.3 Å². The van der Waals surface area contributed by atoms with Crippen LogP contribution < -0.4 is 0 Å². The monoisotopic (exact) mass is 444 g/mol. The Hall–Kier alpha value is -1.16. The van der Waals surface area contributed by atoms with Crippen molar-refractivity contribution in [1.29, 1.82) is 0 Å². The second-order valence-electron chi connectivity index (χ2n) is 2.93. The Morgan fingerprint density at radius 3 is 2.67 bits per heavy atom. The standard InChI is InChI=1S/C11H10N2O2.CH3.ClH.Ir/c1-15-11(14)13-9-6-2-4-8-5-3-7-12-10(8)9;;;/h2-7H,1H3,(H,13,14);1H3;1H;/q;-1;;+3/p-2. The first kappa shape index (κ1) is 16.8. The van der Waals surface area contributed by atoms with Gasteiger partial charge in [-0.15, -0.1) is 5.69 Å². The topological polar surface area (TPSA) is 53.3 Å². The maximum atomic E-state index is 11.0. The van der Waals surface area contributed by atoms with Crippen LogP contribution in [0.2, 0.25) is 0 Å². The molecule has 0 aliphatic rings. The van der Waals surface area contributed by atoms with E-state index in [2.05, 4.69) is 24.6 Å². The third kappa shape index (κ3) is 4.26. The van der Waals surface area contributed by atoms with Crippen molar-refractivity contribution in [2.75, 3.05) is 7.11 Å². The summed E-state index contributed by atoms with van der Waals surface area (Å²) in [5.74, 6) is 0. The van der Waals surface area contributed by atoms with Crippen molar-refractivity contribution in [2.24, 2.45) is 0 Å². The minimum atomic E-state index is -0.617. The average Bonchev–Trinajstić information content (AvgIpc) is 2.41. The number of hydrogen-bond donors (Lipinski definition) is 0. The van der Waals surface area contributed by atoms with Crippen LogP contribution in [0.3, 0.4) is 0 Å². The molecule has 18 heavy (non-hydrogen) atoms. The molecule has 1 amide bonds. The fourth-order valence-electron chi connectivity index (χ4n) is 1.32. The Kier molecular flexibility index (Phi) is 8.29. The molecule has 1 aromatic heterocycles. The molecule has 1 heterocycles. The summed E-state index contributed by atoms with van der Waals surface area (Å²) in [5, 5.41) is 4.73. The van der Waals surface area contributed by atoms with Crippen molar-refractivity contribution < 1.29 is 27.4 Å². The van der Waals surface area contributed by atoms with Crippen molar-refractivity contribution in [2.45, 2.75) is 0 Å². The van der Waals surface area contributed by atoms with E-state index in [4.69, 9.17) is 0 Å². The predicted molar refractivity (Wildman–Crippen MR) is 69.4 cm³/mol. The van der Waals surface area contributed by atoms with E-state index < -0.39 is 6.09 Å². The van der Waals surface area contributed by atoms with Crippen molar-refractivity contribution in [3.05, 3.63) is 49.3 Å². The van der Waals surface area contributed by atoms with Crippen molar-refractivity contribution in [3.63, 3.8) is 0 Å². The van der Waals surface area contributed by atoms with Gasteiger partial charge >= 0.3 is 27.5 Å². The van der Waals surface area contributed by atoms with Gasteiger partial charge in [0.1, 0.15) is 0 Å². The van der Waals surface area contributed by atoms with Gasteiger partial charge in [0.25, 0.3) is 0 Å². The molecule has 0 saturated heterocycles. The number of fused-ring (bicyclic) bond motifs is 1. The number of carbonyl (C=O) groups is 1. The number of ether oxygens (including phenoxy) is 1. The van der Waals surface area contributed by atoms with Crippen LogP contribution in [0.5, 0.6) is 0 Å². The second kappa shape index (κ2) is 8.86. The minimum absolute atomic E-state index is 0. The van der Waals surface area contributed by atoms with E-state index in [1.54, 1.807) is 12.3 Å². The molecule has 0 N–H and O–H groups in total. The fraction of sp³-hybridized carbons (Fsp3) is 0.0833. The zero-order chi connectivity index (χ0) is 12.7. The third-order valence-electron chi connectivity index (χ3n) is 2.00. The first-order valence-corrected chi connectivity index (χ1v) is 7.54. The third-order valence-corrected chi connectivity index (χ3v) is 2.00. The number of benzene rings is 1. The molecule has 6 heteroatoms. The van der Waals surface area contributed by atoms with Crippen LogP contribution in [0.1, 0.15) is 0 Å². The van der Waals surface area contributed by atoms with E-state index in [9.17, 15) is 4.79 Å². The Bertz CT molecular complexity index is 503. The van der Waals surface area contributed by atoms with Crippen LogP contribution in [-0.2, 0) is 22.6 Å². The Labute approximate surface area is 121 Å². The summed E-state index contributed by atoms with van der Waals surface area (Å²) in [7, 11) is 5.93. The van der Waals surface area contributed by atoms with Gasteiger partial charge in [-0.05, 0) is 11.5 Å². The van der Waals surface area contributed by atoms with Gasteiger partial charge in [-0.3, -0.25) is 9.78 Å². The molecule has 0 bridgehead atoms. The summed E-state index contributed by atoms with van der Waals surface area (Å²) < 4.78 is 4.47. The molecular formula is C12H12ClIrN2O2. The molecule has 0 aliphatic heterocycles. The molecule has 0 atom stereocenters. The van der Waals surface area contributed by atoms with Crippen LogP contribution >= 0.6 is 9.58 Å². The second-order valence-corrected chi connectivity index (χ2v) is 2.93. The molecule has 0 unspecified atom stereocenters. The Morgan fingerprint density at radius 1 is 1.33 bits per heavy atom. The van der Waals surface area contributed by atoms with E-state index in [-0.39, 0.29) is 7.43 Å². The van der Waals surface area contributed by atoms with Gasteiger partial charge in [0, 0.05) is 6.20 Å². The predicted octanol–water partition coefficient (Wildman–Crippen LogP) is 4.14. The number of amides is 1. The number of rotatable bonds is 1. The van der Waals surface area contributed by atoms with Crippen LogP contribution in [-0.4, -0.2) is 18.2 Å². The number of pyridine rings is 1. The Balaban J connectivity index is 0.000000917. The van der Waals surface area contributed by atoms with E-state index in [1.165, 1.54) is 25.0 Å². The average molecular weight is 444 g/mol. The molecule has 4 nitrogen and oxygen atoms in total. The summed E-state index contributed by atoms with van der Waals surface area (Å²) in [6, 6.07) is 9.22. The zero-order valence-corrected chi connectivity index (χ0v) is 13.0. The molecule has 0 aliphatic carbocycles. The van der Waals surface area contributed by atoms with Crippen LogP contribution in [0, 0.1) is 7.43 Å². The number of aromatic nitrogens is 1. The van der Waals surface area contributed by atoms with Gasteiger partial charge in [0.15, 0.2) is 0 Å². The first-order chi connectivity index (χ1) is 8.31. The van der Waals surface area contributed by atoms with Gasteiger partial charge in [-0.1, -0.05) is 24.3 Å². The summed E-state index contributed by atoms with van der Waals surface area (Å²) in [6.45, 7) is 0. The number of nitrogens with zero attached hydrogens (tertiary/aromatic N) is 2. The zero-order valence-electron chi connectivity index (χ0n) is 9.89. The van der Waals surface area contributed by atoms with Crippen molar-refractivity contribution in [1.82, 2.24) is 4.98 Å². The normalized spacial score (nSPS) is 8.61. The molecule has 0 fully saturated rings. The van der Waals surface area contributed by atoms with E-state index in [0.29, 0.717) is 11.2 Å². The summed E-state index contributed by atoms with van der Waals surface area (Å²) in [6.07, 6.45) is 1.05. The van der Waals surface area contributed by atoms with E-state index in [1.807, 2.05) is 24.3 Å². The molecule has 0 spiro atoms. The number of methoxy groups -OCH3 is 1. The number of carbonyl (C=O) groups excluding carboxylic acids is 1.